The van der Waals surface area contributed by atoms with E-state index in [2.05, 4.69) is 20.6 Å². The Kier molecular flexibility index (Phi) is 7.14. The van der Waals surface area contributed by atoms with E-state index >= 15 is 0 Å². The number of carbonyl (C=O) groups is 2. The molecule has 0 saturated carbocycles. The van der Waals surface area contributed by atoms with Gasteiger partial charge in [0.05, 0.1) is 6.61 Å². The van der Waals surface area contributed by atoms with Gasteiger partial charge in [0.15, 0.2) is 0 Å². The van der Waals surface area contributed by atoms with Crippen LogP contribution in [0.1, 0.15) is 37.8 Å². The smallest absolute Gasteiger partial charge is 0.407 e. The van der Waals surface area contributed by atoms with Gasteiger partial charge in [-0.25, -0.2) is 14.8 Å². The van der Waals surface area contributed by atoms with Crippen LogP contribution < -0.4 is 10.6 Å². The van der Waals surface area contributed by atoms with E-state index in [-0.39, 0.29) is 17.8 Å². The summed E-state index contributed by atoms with van der Waals surface area (Å²) < 4.78 is 4.86. The van der Waals surface area contributed by atoms with Gasteiger partial charge in [0.1, 0.15) is 0 Å². The molecule has 21 heavy (non-hydrogen) atoms. The van der Waals surface area contributed by atoms with Crippen molar-refractivity contribution < 1.29 is 14.3 Å². The molecule has 1 heterocycles. The number of carbonyl (C=O) groups excluding carboxylic acids is 2. The fraction of sp³-hybridized carbons (Fsp3) is 0.571. The van der Waals surface area contributed by atoms with Crippen LogP contribution in [0.5, 0.6) is 0 Å². The van der Waals surface area contributed by atoms with E-state index in [0.717, 1.165) is 6.42 Å². The highest BCUT2D eigenvalue weighted by atomic mass is 16.5. The van der Waals surface area contributed by atoms with Crippen molar-refractivity contribution in [1.82, 2.24) is 20.6 Å². The molecule has 116 valence electrons. The average Bonchev–Trinajstić information content (AvgIpc) is 2.45. The summed E-state index contributed by atoms with van der Waals surface area (Å²) in [7, 11) is 0. The first-order chi connectivity index (χ1) is 10.0. The van der Waals surface area contributed by atoms with E-state index in [1.807, 2.05) is 13.8 Å². The van der Waals surface area contributed by atoms with Gasteiger partial charge >= 0.3 is 6.09 Å². The van der Waals surface area contributed by atoms with Crippen molar-refractivity contribution in [2.45, 2.75) is 33.2 Å². The number of amides is 2. The molecule has 0 unspecified atom stereocenters. The summed E-state index contributed by atoms with van der Waals surface area (Å²) in [6.45, 7) is 6.44. The molecule has 0 bridgehead atoms. The number of hydrogen-bond acceptors (Lipinski definition) is 5. The van der Waals surface area contributed by atoms with Crippen LogP contribution in [0, 0.1) is 5.92 Å². The van der Waals surface area contributed by atoms with Crippen molar-refractivity contribution >= 4 is 12.0 Å². The Labute approximate surface area is 124 Å². The number of rotatable bonds is 7. The van der Waals surface area contributed by atoms with Gasteiger partial charge in [0, 0.05) is 25.0 Å². The zero-order chi connectivity index (χ0) is 15.7. The predicted molar refractivity (Wildman–Crippen MR) is 77.8 cm³/mol. The predicted octanol–water partition coefficient (Wildman–Crippen LogP) is 1.37. The van der Waals surface area contributed by atoms with E-state index in [9.17, 15) is 9.59 Å². The van der Waals surface area contributed by atoms with Gasteiger partial charge in [-0.1, -0.05) is 13.8 Å². The molecule has 0 aliphatic carbocycles. The highest BCUT2D eigenvalue weighted by Crippen LogP contribution is 2.04. The van der Waals surface area contributed by atoms with E-state index < -0.39 is 6.09 Å². The minimum atomic E-state index is -0.478. The first-order valence-corrected chi connectivity index (χ1v) is 7.01. The van der Waals surface area contributed by atoms with E-state index in [0.29, 0.717) is 19.1 Å². The van der Waals surface area contributed by atoms with Crippen molar-refractivity contribution in [3.05, 3.63) is 24.3 Å². The first-order valence-electron chi connectivity index (χ1n) is 7.01. The normalized spacial score (nSPS) is 11.8. The quantitative estimate of drug-likeness (QED) is 0.792. The van der Waals surface area contributed by atoms with Gasteiger partial charge in [-0.15, -0.1) is 0 Å². The minimum absolute atomic E-state index is 0.108. The topological polar surface area (TPSA) is 93.2 Å². The number of aromatic nitrogens is 2. The summed E-state index contributed by atoms with van der Waals surface area (Å²) in [5, 5.41) is 5.46. The first kappa shape index (κ1) is 16.9. The molecule has 0 aliphatic rings. The van der Waals surface area contributed by atoms with Crippen LogP contribution in [-0.2, 0) is 4.74 Å². The van der Waals surface area contributed by atoms with Crippen LogP contribution in [0.25, 0.3) is 0 Å². The molecular formula is C14H22N4O3. The standard InChI is InChI=1S/C14H22N4O3/c1-4-21-14(20)18-11(8-10(2)3)9-17-13(19)12-15-6-5-7-16-12/h5-7,10-11H,4,8-9H2,1-3H3,(H,17,19)(H,18,20)/t11-/m0/s1. The third-order valence-electron chi connectivity index (χ3n) is 2.63. The molecular weight excluding hydrogens is 272 g/mol. The van der Waals surface area contributed by atoms with Crippen LogP contribution >= 0.6 is 0 Å². The number of nitrogens with one attached hydrogen (secondary N) is 2. The lowest BCUT2D eigenvalue weighted by atomic mass is 10.0. The third kappa shape index (κ3) is 6.69. The Morgan fingerprint density at radius 2 is 1.95 bits per heavy atom. The molecule has 0 radical (unpaired) electrons. The molecule has 0 saturated heterocycles. The Balaban J connectivity index is 2.52. The maximum Gasteiger partial charge on any atom is 0.407 e. The van der Waals surface area contributed by atoms with Crippen LogP contribution in [0.15, 0.2) is 18.5 Å². The van der Waals surface area contributed by atoms with Crippen molar-refractivity contribution in [3.63, 3.8) is 0 Å². The van der Waals surface area contributed by atoms with Gasteiger partial charge in [0.2, 0.25) is 5.82 Å². The molecule has 0 aliphatic heterocycles. The van der Waals surface area contributed by atoms with Crippen LogP contribution in [0.2, 0.25) is 0 Å². The van der Waals surface area contributed by atoms with Crippen molar-refractivity contribution in [2.75, 3.05) is 13.2 Å². The largest absolute Gasteiger partial charge is 0.450 e. The lowest BCUT2D eigenvalue weighted by Gasteiger charge is -2.20. The average molecular weight is 294 g/mol. The summed E-state index contributed by atoms with van der Waals surface area (Å²) in [5.74, 6) is 0.119. The molecule has 1 atom stereocenters. The van der Waals surface area contributed by atoms with Gasteiger partial charge in [-0.3, -0.25) is 4.79 Å². The number of hydrogen-bond donors (Lipinski definition) is 2. The van der Waals surface area contributed by atoms with Crippen molar-refractivity contribution in [2.24, 2.45) is 5.92 Å². The maximum atomic E-state index is 11.9. The minimum Gasteiger partial charge on any atom is -0.450 e. The fourth-order valence-electron chi connectivity index (χ4n) is 1.81. The summed E-state index contributed by atoms with van der Waals surface area (Å²) in [6.07, 6.45) is 3.26. The zero-order valence-corrected chi connectivity index (χ0v) is 12.6. The summed E-state index contributed by atoms with van der Waals surface area (Å²) in [5.41, 5.74) is 0. The van der Waals surface area contributed by atoms with Crippen LogP contribution in [-0.4, -0.2) is 41.2 Å². The monoisotopic (exact) mass is 294 g/mol. The molecule has 0 fully saturated rings. The Morgan fingerprint density at radius 1 is 1.29 bits per heavy atom. The lowest BCUT2D eigenvalue weighted by molar-refractivity contribution is 0.0934. The van der Waals surface area contributed by atoms with Crippen molar-refractivity contribution in [3.8, 4) is 0 Å². The number of ether oxygens (including phenoxy) is 1. The van der Waals surface area contributed by atoms with E-state index in [1.165, 1.54) is 12.4 Å². The highest BCUT2D eigenvalue weighted by Gasteiger charge is 2.17. The van der Waals surface area contributed by atoms with E-state index in [1.54, 1.807) is 13.0 Å². The Hall–Kier alpha value is -2.18. The highest BCUT2D eigenvalue weighted by molar-refractivity contribution is 5.90. The maximum absolute atomic E-state index is 11.9. The number of alkyl carbamates (subject to hydrolysis) is 1. The Bertz CT molecular complexity index is 451. The molecule has 2 amide bonds. The summed E-state index contributed by atoms with van der Waals surface area (Å²) in [4.78, 5) is 31.1. The fourth-order valence-corrected chi connectivity index (χ4v) is 1.81. The number of nitrogens with zero attached hydrogens (tertiary/aromatic N) is 2. The van der Waals surface area contributed by atoms with Crippen LogP contribution in [0.4, 0.5) is 4.79 Å². The Morgan fingerprint density at radius 3 is 2.52 bits per heavy atom. The molecule has 7 nitrogen and oxygen atoms in total. The second-order valence-electron chi connectivity index (χ2n) is 4.97. The summed E-state index contributed by atoms with van der Waals surface area (Å²) in [6, 6.07) is 1.44. The second-order valence-corrected chi connectivity index (χ2v) is 4.97. The van der Waals surface area contributed by atoms with Crippen LogP contribution in [0.3, 0.4) is 0 Å². The molecule has 0 aromatic carbocycles. The van der Waals surface area contributed by atoms with Crippen molar-refractivity contribution in [1.29, 1.82) is 0 Å². The molecule has 2 N–H and O–H groups in total. The molecule has 0 spiro atoms. The third-order valence-corrected chi connectivity index (χ3v) is 2.63. The molecule has 1 aromatic heterocycles. The molecule has 7 heteroatoms. The molecule has 1 rings (SSSR count). The zero-order valence-electron chi connectivity index (χ0n) is 12.6. The van der Waals surface area contributed by atoms with E-state index in [4.69, 9.17) is 4.74 Å². The lowest BCUT2D eigenvalue weighted by Crippen LogP contribution is -2.44. The second kappa shape index (κ2) is 8.89. The van der Waals surface area contributed by atoms with Gasteiger partial charge in [-0.05, 0) is 25.3 Å². The van der Waals surface area contributed by atoms with Gasteiger partial charge in [-0.2, -0.15) is 0 Å². The molecule has 1 aromatic rings. The summed E-state index contributed by atoms with van der Waals surface area (Å²) >= 11 is 0. The van der Waals surface area contributed by atoms with Gasteiger partial charge in [0.25, 0.3) is 5.91 Å². The van der Waals surface area contributed by atoms with Gasteiger partial charge < -0.3 is 15.4 Å². The SMILES string of the molecule is CCOC(=O)N[C@H](CNC(=O)c1ncccn1)CC(C)C.